The van der Waals surface area contributed by atoms with Crippen LogP contribution in [-0.4, -0.2) is 28.0 Å². The number of ketones is 1. The van der Waals surface area contributed by atoms with Crippen LogP contribution in [0.3, 0.4) is 0 Å². The molecular formula is C12H15NO4. The molecule has 0 radical (unpaired) electrons. The molecule has 0 fully saturated rings. The highest BCUT2D eigenvalue weighted by molar-refractivity contribution is 5.94. The Kier molecular flexibility index (Phi) is 4.37. The van der Waals surface area contributed by atoms with Crippen LogP contribution in [0.2, 0.25) is 0 Å². The molecule has 5 nitrogen and oxygen atoms in total. The molecule has 1 amide bonds. The van der Waals surface area contributed by atoms with E-state index in [9.17, 15) is 19.8 Å². The predicted molar refractivity (Wildman–Crippen MR) is 61.2 cm³/mol. The number of carbonyl (C=O) groups excluding carboxylic acids is 2. The number of amides is 1. The van der Waals surface area contributed by atoms with Gasteiger partial charge in [0.25, 0.3) is 0 Å². The maximum atomic E-state index is 11.1. The Morgan fingerprint density at radius 3 is 2.53 bits per heavy atom. The van der Waals surface area contributed by atoms with Crippen LogP contribution in [0.5, 0.6) is 0 Å². The molecule has 0 aliphatic carbocycles. The largest absolute Gasteiger partial charge is 0.390 e. The van der Waals surface area contributed by atoms with Gasteiger partial charge in [-0.2, -0.15) is 0 Å². The van der Waals surface area contributed by atoms with Crippen molar-refractivity contribution in [2.75, 3.05) is 0 Å². The Hall–Kier alpha value is -1.72. The van der Waals surface area contributed by atoms with Crippen LogP contribution in [0.1, 0.15) is 35.4 Å². The summed E-state index contributed by atoms with van der Waals surface area (Å²) in [7, 11) is 0. The van der Waals surface area contributed by atoms with E-state index in [-0.39, 0.29) is 12.2 Å². The van der Waals surface area contributed by atoms with Gasteiger partial charge >= 0.3 is 0 Å². The molecule has 5 heteroatoms. The Morgan fingerprint density at radius 1 is 1.35 bits per heavy atom. The minimum absolute atomic E-state index is 0.136. The van der Waals surface area contributed by atoms with Crippen molar-refractivity contribution in [3.05, 3.63) is 35.4 Å². The van der Waals surface area contributed by atoms with Crippen molar-refractivity contribution in [1.29, 1.82) is 0 Å². The van der Waals surface area contributed by atoms with Crippen molar-refractivity contribution in [3.8, 4) is 0 Å². The smallest absolute Gasteiger partial charge is 0.220 e. The quantitative estimate of drug-likeness (QED) is 0.635. The summed E-state index contributed by atoms with van der Waals surface area (Å²) in [5.74, 6) is -0.831. The summed E-state index contributed by atoms with van der Waals surface area (Å²) >= 11 is 0. The maximum absolute atomic E-state index is 11.1. The summed E-state index contributed by atoms with van der Waals surface area (Å²) in [5, 5.41) is 19.3. The van der Waals surface area contributed by atoms with E-state index >= 15 is 0 Å². The van der Waals surface area contributed by atoms with Crippen LogP contribution >= 0.6 is 0 Å². The molecule has 1 rings (SSSR count). The molecule has 0 aliphatic rings. The van der Waals surface area contributed by atoms with Gasteiger partial charge < -0.3 is 15.9 Å². The van der Waals surface area contributed by atoms with E-state index in [4.69, 9.17) is 5.73 Å². The van der Waals surface area contributed by atoms with Gasteiger partial charge in [-0.1, -0.05) is 18.2 Å². The fourth-order valence-corrected chi connectivity index (χ4v) is 1.48. The van der Waals surface area contributed by atoms with Crippen molar-refractivity contribution in [1.82, 2.24) is 0 Å². The third-order valence-corrected chi connectivity index (χ3v) is 2.41. The van der Waals surface area contributed by atoms with E-state index in [2.05, 4.69) is 0 Å². The molecule has 1 aromatic rings. The number of hydrogen-bond donors (Lipinski definition) is 3. The topological polar surface area (TPSA) is 101 Å². The minimum atomic E-state index is -1.27. The Morgan fingerprint density at radius 2 is 2.00 bits per heavy atom. The molecule has 0 aliphatic heterocycles. The molecule has 1 aromatic carbocycles. The second-order valence-electron chi connectivity index (χ2n) is 3.86. The molecule has 0 saturated carbocycles. The highest BCUT2D eigenvalue weighted by Gasteiger charge is 2.20. The van der Waals surface area contributed by atoms with Crippen LogP contribution in [-0.2, 0) is 4.79 Å². The van der Waals surface area contributed by atoms with Gasteiger partial charge in [0.2, 0.25) is 5.91 Å². The predicted octanol–water partition coefficient (Wildman–Crippen LogP) is 0.159. The number of benzene rings is 1. The summed E-state index contributed by atoms with van der Waals surface area (Å²) in [4.78, 5) is 21.8. The first-order valence-electron chi connectivity index (χ1n) is 5.17. The Bertz CT molecular complexity index is 430. The van der Waals surface area contributed by atoms with Gasteiger partial charge in [0.05, 0.1) is 12.5 Å². The highest BCUT2D eigenvalue weighted by Crippen LogP contribution is 2.20. The van der Waals surface area contributed by atoms with Gasteiger partial charge in [-0.3, -0.25) is 9.59 Å². The van der Waals surface area contributed by atoms with Gasteiger partial charge in [-0.15, -0.1) is 0 Å². The van der Waals surface area contributed by atoms with E-state index in [1.807, 2.05) is 0 Å². The Balaban J connectivity index is 2.88. The van der Waals surface area contributed by atoms with Gasteiger partial charge in [-0.25, -0.2) is 0 Å². The third-order valence-electron chi connectivity index (χ3n) is 2.41. The first kappa shape index (κ1) is 13.3. The average molecular weight is 237 g/mol. The molecule has 0 heterocycles. The molecule has 0 bridgehead atoms. The third kappa shape index (κ3) is 3.65. The second-order valence-corrected chi connectivity index (χ2v) is 3.86. The summed E-state index contributed by atoms with van der Waals surface area (Å²) in [5.41, 5.74) is 5.74. The summed E-state index contributed by atoms with van der Waals surface area (Å²) < 4.78 is 0. The number of carbonyl (C=O) groups is 2. The molecule has 0 saturated heterocycles. The van der Waals surface area contributed by atoms with Crippen molar-refractivity contribution in [2.45, 2.75) is 25.6 Å². The number of aliphatic hydroxyl groups is 2. The molecule has 4 N–H and O–H groups in total. The number of hydrogen-bond acceptors (Lipinski definition) is 4. The second kappa shape index (κ2) is 5.56. The first-order valence-corrected chi connectivity index (χ1v) is 5.17. The standard InChI is InChI=1S/C12H15NO4/c1-7(14)8-3-2-4-9(5-8)12(17)10(15)6-11(13)16/h2-5,10,12,15,17H,6H2,1H3,(H2,13,16). The van der Waals surface area contributed by atoms with Gasteiger partial charge in [-0.05, 0) is 18.6 Å². The van der Waals surface area contributed by atoms with Crippen molar-refractivity contribution in [3.63, 3.8) is 0 Å². The molecule has 2 atom stereocenters. The fourth-order valence-electron chi connectivity index (χ4n) is 1.48. The fraction of sp³-hybridized carbons (Fsp3) is 0.333. The van der Waals surface area contributed by atoms with Crippen LogP contribution in [0.4, 0.5) is 0 Å². The van der Waals surface area contributed by atoms with Gasteiger partial charge in [0.1, 0.15) is 6.10 Å². The van der Waals surface area contributed by atoms with Gasteiger partial charge in [0.15, 0.2) is 5.78 Å². The maximum Gasteiger partial charge on any atom is 0.220 e. The lowest BCUT2D eigenvalue weighted by Crippen LogP contribution is -2.25. The van der Waals surface area contributed by atoms with Crippen LogP contribution in [0.25, 0.3) is 0 Å². The van der Waals surface area contributed by atoms with Crippen molar-refractivity contribution < 1.29 is 19.8 Å². The first-order chi connectivity index (χ1) is 7.91. The summed E-state index contributed by atoms with van der Waals surface area (Å²) in [6.07, 6.45) is -2.83. The van der Waals surface area contributed by atoms with Crippen molar-refractivity contribution >= 4 is 11.7 Å². The average Bonchev–Trinajstić information content (AvgIpc) is 2.27. The monoisotopic (exact) mass is 237 g/mol. The molecule has 0 spiro atoms. The number of aliphatic hydroxyl groups excluding tert-OH is 2. The summed E-state index contributed by atoms with van der Waals surface area (Å²) in [6, 6.07) is 6.27. The van der Waals surface area contributed by atoms with E-state index in [1.54, 1.807) is 18.2 Å². The van der Waals surface area contributed by atoms with Crippen LogP contribution < -0.4 is 5.73 Å². The number of nitrogens with two attached hydrogens (primary N) is 1. The SMILES string of the molecule is CC(=O)c1cccc(C(O)C(O)CC(N)=O)c1. The number of Topliss-reactive ketones (excluding diaryl/α,β-unsaturated/α-hetero) is 1. The minimum Gasteiger partial charge on any atom is -0.390 e. The zero-order chi connectivity index (χ0) is 13.0. The zero-order valence-electron chi connectivity index (χ0n) is 9.46. The summed E-state index contributed by atoms with van der Waals surface area (Å²) in [6.45, 7) is 1.41. The molecule has 2 unspecified atom stereocenters. The normalized spacial score (nSPS) is 14.1. The van der Waals surface area contributed by atoms with E-state index in [0.717, 1.165) is 0 Å². The molecule has 17 heavy (non-hydrogen) atoms. The van der Waals surface area contributed by atoms with E-state index < -0.39 is 18.1 Å². The van der Waals surface area contributed by atoms with E-state index in [0.29, 0.717) is 11.1 Å². The van der Waals surface area contributed by atoms with Crippen molar-refractivity contribution in [2.24, 2.45) is 5.73 Å². The Labute approximate surface area is 98.9 Å². The van der Waals surface area contributed by atoms with Crippen LogP contribution in [0.15, 0.2) is 24.3 Å². The lowest BCUT2D eigenvalue weighted by molar-refractivity contribution is -0.121. The number of primary amides is 1. The highest BCUT2D eigenvalue weighted by atomic mass is 16.3. The van der Waals surface area contributed by atoms with Gasteiger partial charge in [0, 0.05) is 5.56 Å². The lowest BCUT2D eigenvalue weighted by atomic mass is 9.99. The molecule has 92 valence electrons. The molecule has 0 aromatic heterocycles. The van der Waals surface area contributed by atoms with E-state index in [1.165, 1.54) is 13.0 Å². The number of rotatable bonds is 5. The lowest BCUT2D eigenvalue weighted by Gasteiger charge is -2.17. The zero-order valence-corrected chi connectivity index (χ0v) is 9.46. The molecular weight excluding hydrogens is 222 g/mol. The van der Waals surface area contributed by atoms with Crippen LogP contribution in [0, 0.1) is 0 Å².